The van der Waals surface area contributed by atoms with E-state index in [9.17, 15) is 9.59 Å². The Morgan fingerprint density at radius 1 is 1.17 bits per heavy atom. The van der Waals surface area contributed by atoms with E-state index in [0.717, 1.165) is 29.2 Å². The number of fused-ring (bicyclic) bond motifs is 1. The molecular formula is C21H23N3O4S. The first-order valence-corrected chi connectivity index (χ1v) is 10.3. The van der Waals surface area contributed by atoms with E-state index in [1.807, 2.05) is 24.3 Å². The predicted molar refractivity (Wildman–Crippen MR) is 113 cm³/mol. The number of hydrogen-bond acceptors (Lipinski definition) is 6. The average Bonchev–Trinajstić information content (AvgIpc) is 3.09. The number of para-hydroxylation sites is 2. The van der Waals surface area contributed by atoms with Crippen LogP contribution in [0.2, 0.25) is 0 Å². The number of amides is 1. The number of rotatable bonds is 9. The van der Waals surface area contributed by atoms with Crippen molar-refractivity contribution in [3.8, 4) is 5.75 Å². The number of aryl methyl sites for hydroxylation is 1. The third-order valence-corrected chi connectivity index (χ3v) is 5.05. The highest BCUT2D eigenvalue weighted by atomic mass is 32.2. The summed E-state index contributed by atoms with van der Waals surface area (Å²) in [6.07, 6.45) is 0.961. The summed E-state index contributed by atoms with van der Waals surface area (Å²) in [5, 5.41) is 3.44. The van der Waals surface area contributed by atoms with Crippen molar-refractivity contribution in [3.63, 3.8) is 0 Å². The number of methoxy groups -OCH3 is 1. The first kappa shape index (κ1) is 20.7. The molecule has 1 amide bonds. The van der Waals surface area contributed by atoms with Crippen LogP contribution in [-0.4, -0.2) is 40.9 Å². The molecule has 0 saturated heterocycles. The van der Waals surface area contributed by atoms with Crippen molar-refractivity contribution >= 4 is 40.4 Å². The maximum Gasteiger partial charge on any atom is 0.316 e. The molecule has 0 aliphatic heterocycles. The van der Waals surface area contributed by atoms with E-state index >= 15 is 0 Å². The maximum atomic E-state index is 12.1. The minimum atomic E-state index is -0.467. The van der Waals surface area contributed by atoms with Crippen LogP contribution in [0.25, 0.3) is 11.0 Å². The molecule has 152 valence electrons. The fourth-order valence-corrected chi connectivity index (χ4v) is 3.65. The Morgan fingerprint density at radius 3 is 2.79 bits per heavy atom. The highest BCUT2D eigenvalue weighted by Crippen LogP contribution is 2.24. The lowest BCUT2D eigenvalue weighted by atomic mass is 10.3. The van der Waals surface area contributed by atoms with E-state index in [4.69, 9.17) is 9.47 Å². The van der Waals surface area contributed by atoms with Gasteiger partial charge >= 0.3 is 5.97 Å². The Kier molecular flexibility index (Phi) is 7.13. The van der Waals surface area contributed by atoms with Gasteiger partial charge in [-0.05, 0) is 30.7 Å². The molecule has 2 aromatic carbocycles. The van der Waals surface area contributed by atoms with Gasteiger partial charge in [0.25, 0.3) is 5.91 Å². The lowest BCUT2D eigenvalue weighted by Crippen LogP contribution is -2.21. The monoisotopic (exact) mass is 413 g/mol. The lowest BCUT2D eigenvalue weighted by molar-refractivity contribution is -0.144. The van der Waals surface area contributed by atoms with Crippen molar-refractivity contribution in [1.82, 2.24) is 9.55 Å². The van der Waals surface area contributed by atoms with Gasteiger partial charge in [-0.15, -0.1) is 0 Å². The van der Waals surface area contributed by atoms with Gasteiger partial charge in [0.05, 0.1) is 23.9 Å². The third kappa shape index (κ3) is 5.51. The molecule has 0 unspecified atom stereocenters. The van der Waals surface area contributed by atoms with Crippen LogP contribution in [0, 0.1) is 0 Å². The van der Waals surface area contributed by atoms with Gasteiger partial charge in [-0.2, -0.15) is 0 Å². The van der Waals surface area contributed by atoms with E-state index in [0.29, 0.717) is 11.4 Å². The normalized spacial score (nSPS) is 10.7. The van der Waals surface area contributed by atoms with E-state index < -0.39 is 11.9 Å². The molecule has 0 fully saturated rings. The second kappa shape index (κ2) is 9.97. The van der Waals surface area contributed by atoms with Crippen molar-refractivity contribution in [3.05, 3.63) is 48.5 Å². The minimum Gasteiger partial charge on any atom is -0.497 e. The molecule has 1 N–H and O–H groups in total. The van der Waals surface area contributed by atoms with Gasteiger partial charge in [-0.3, -0.25) is 9.59 Å². The number of nitrogens with zero attached hydrogens (tertiary/aromatic N) is 2. The van der Waals surface area contributed by atoms with Crippen molar-refractivity contribution in [2.24, 2.45) is 0 Å². The Labute approximate surface area is 173 Å². The van der Waals surface area contributed by atoms with Crippen LogP contribution in [0.4, 0.5) is 5.69 Å². The summed E-state index contributed by atoms with van der Waals surface area (Å²) in [4.78, 5) is 28.7. The number of hydrogen-bond donors (Lipinski definition) is 1. The first-order chi connectivity index (χ1) is 14.1. The van der Waals surface area contributed by atoms with Crippen LogP contribution >= 0.6 is 11.8 Å². The van der Waals surface area contributed by atoms with Crippen LogP contribution in [0.5, 0.6) is 5.75 Å². The maximum absolute atomic E-state index is 12.1. The van der Waals surface area contributed by atoms with Gasteiger partial charge < -0.3 is 19.4 Å². The number of benzene rings is 2. The Morgan fingerprint density at radius 2 is 2.00 bits per heavy atom. The number of esters is 1. The number of aromatic nitrogens is 2. The molecule has 0 aliphatic rings. The van der Waals surface area contributed by atoms with Crippen LogP contribution in [0.15, 0.2) is 53.7 Å². The zero-order valence-electron chi connectivity index (χ0n) is 16.4. The number of carbonyl (C=O) groups excluding carboxylic acids is 2. The zero-order valence-corrected chi connectivity index (χ0v) is 17.2. The molecule has 0 aliphatic carbocycles. The van der Waals surface area contributed by atoms with Crippen molar-refractivity contribution in [1.29, 1.82) is 0 Å². The van der Waals surface area contributed by atoms with Gasteiger partial charge in [0.1, 0.15) is 5.75 Å². The molecule has 3 rings (SSSR count). The second-order valence-corrected chi connectivity index (χ2v) is 7.21. The summed E-state index contributed by atoms with van der Waals surface area (Å²) in [5.41, 5.74) is 2.52. The molecule has 8 heteroatoms. The zero-order chi connectivity index (χ0) is 20.6. The Balaban J connectivity index is 1.51. The standard InChI is InChI=1S/C21H23N3O4S/c1-3-11-24-18-10-5-4-9-17(18)23-21(24)29-14-20(26)28-13-19(25)22-15-7-6-8-16(12-15)27-2/h4-10,12H,3,11,13-14H2,1-2H3,(H,22,25). The predicted octanol–water partition coefficient (Wildman–Crippen LogP) is 3.73. The van der Waals surface area contributed by atoms with Crippen molar-refractivity contribution < 1.29 is 19.1 Å². The largest absolute Gasteiger partial charge is 0.497 e. The second-order valence-electron chi connectivity index (χ2n) is 6.26. The summed E-state index contributed by atoms with van der Waals surface area (Å²) in [5.74, 6) is -0.161. The summed E-state index contributed by atoms with van der Waals surface area (Å²) >= 11 is 1.31. The summed E-state index contributed by atoms with van der Waals surface area (Å²) < 4.78 is 12.3. The molecule has 29 heavy (non-hydrogen) atoms. The Hall–Kier alpha value is -3.00. The average molecular weight is 413 g/mol. The number of thioether (sulfide) groups is 1. The molecule has 0 spiro atoms. The van der Waals surface area contributed by atoms with E-state index in [2.05, 4.69) is 21.8 Å². The number of anilines is 1. The van der Waals surface area contributed by atoms with E-state index in [1.165, 1.54) is 11.8 Å². The third-order valence-electron chi connectivity index (χ3n) is 4.10. The summed E-state index contributed by atoms with van der Waals surface area (Å²) in [6.45, 7) is 2.57. The first-order valence-electron chi connectivity index (χ1n) is 9.28. The van der Waals surface area contributed by atoms with Gasteiger partial charge in [-0.1, -0.05) is 36.9 Å². The number of carbonyl (C=O) groups is 2. The lowest BCUT2D eigenvalue weighted by Gasteiger charge is -2.09. The van der Waals surface area contributed by atoms with Crippen LogP contribution in [0.1, 0.15) is 13.3 Å². The molecular weight excluding hydrogens is 390 g/mol. The van der Waals surface area contributed by atoms with E-state index in [-0.39, 0.29) is 12.4 Å². The molecule has 0 saturated carbocycles. The fourth-order valence-electron chi connectivity index (χ4n) is 2.81. The van der Waals surface area contributed by atoms with Gasteiger partial charge in [0, 0.05) is 18.3 Å². The van der Waals surface area contributed by atoms with Crippen molar-refractivity contribution in [2.45, 2.75) is 25.0 Å². The molecule has 1 heterocycles. The number of imidazole rings is 1. The quantitative estimate of drug-likeness (QED) is 0.425. The smallest absolute Gasteiger partial charge is 0.316 e. The fraction of sp³-hybridized carbons (Fsp3) is 0.286. The molecule has 0 radical (unpaired) electrons. The molecule has 1 aromatic heterocycles. The number of ether oxygens (including phenoxy) is 2. The molecule has 3 aromatic rings. The number of nitrogens with one attached hydrogen (secondary N) is 1. The molecule has 0 bridgehead atoms. The van der Waals surface area contributed by atoms with Crippen LogP contribution in [-0.2, 0) is 20.9 Å². The molecule has 7 nitrogen and oxygen atoms in total. The van der Waals surface area contributed by atoms with Gasteiger partial charge in [0.2, 0.25) is 0 Å². The highest BCUT2D eigenvalue weighted by molar-refractivity contribution is 7.99. The minimum absolute atomic E-state index is 0.0828. The van der Waals surface area contributed by atoms with Crippen LogP contribution in [0.3, 0.4) is 0 Å². The van der Waals surface area contributed by atoms with Crippen LogP contribution < -0.4 is 10.1 Å². The van der Waals surface area contributed by atoms with Crippen molar-refractivity contribution in [2.75, 3.05) is 24.8 Å². The van der Waals surface area contributed by atoms with Gasteiger partial charge in [0.15, 0.2) is 11.8 Å². The van der Waals surface area contributed by atoms with Gasteiger partial charge in [-0.25, -0.2) is 4.98 Å². The summed E-state index contributed by atoms with van der Waals surface area (Å²) in [6, 6.07) is 14.8. The topological polar surface area (TPSA) is 82.5 Å². The Bertz CT molecular complexity index is 1000. The molecule has 0 atom stereocenters. The highest BCUT2D eigenvalue weighted by Gasteiger charge is 2.14. The SMILES string of the molecule is CCCn1c(SCC(=O)OCC(=O)Nc2cccc(OC)c2)nc2ccccc21. The summed E-state index contributed by atoms with van der Waals surface area (Å²) in [7, 11) is 1.55. The van der Waals surface area contributed by atoms with E-state index in [1.54, 1.807) is 31.4 Å².